The SMILES string of the molecule is CC(C)CNC(=O)[C@H](C)N1CCN(C2CCN(C(C)C)CC2)CC1. The molecular formula is C19H38N4O. The van der Waals surface area contributed by atoms with Crippen LogP contribution in [-0.2, 0) is 4.79 Å². The summed E-state index contributed by atoms with van der Waals surface area (Å²) in [7, 11) is 0. The third kappa shape index (κ3) is 5.43. The lowest BCUT2D eigenvalue weighted by molar-refractivity contribution is -0.126. The molecule has 2 aliphatic rings. The highest BCUT2D eigenvalue weighted by atomic mass is 16.2. The summed E-state index contributed by atoms with van der Waals surface area (Å²) in [5.41, 5.74) is 0. The second kappa shape index (κ2) is 9.16. The lowest BCUT2D eigenvalue weighted by Crippen LogP contribution is -2.57. The third-order valence-electron chi connectivity index (χ3n) is 5.71. The summed E-state index contributed by atoms with van der Waals surface area (Å²) in [6.45, 7) is 18.4. The second-order valence-corrected chi connectivity index (χ2v) is 8.25. The van der Waals surface area contributed by atoms with Crippen molar-refractivity contribution in [2.24, 2.45) is 5.92 Å². The number of hydrogen-bond donors (Lipinski definition) is 1. The maximum absolute atomic E-state index is 12.3. The van der Waals surface area contributed by atoms with E-state index in [1.54, 1.807) is 0 Å². The number of piperidine rings is 1. The van der Waals surface area contributed by atoms with Crippen molar-refractivity contribution >= 4 is 5.91 Å². The molecule has 2 fully saturated rings. The van der Waals surface area contributed by atoms with Crippen molar-refractivity contribution in [3.63, 3.8) is 0 Å². The van der Waals surface area contributed by atoms with Gasteiger partial charge in [0.15, 0.2) is 0 Å². The second-order valence-electron chi connectivity index (χ2n) is 8.25. The number of piperazine rings is 1. The third-order valence-corrected chi connectivity index (χ3v) is 5.71. The first-order chi connectivity index (χ1) is 11.4. The molecule has 24 heavy (non-hydrogen) atoms. The number of carbonyl (C=O) groups excluding carboxylic acids is 1. The van der Waals surface area contributed by atoms with Gasteiger partial charge >= 0.3 is 0 Å². The van der Waals surface area contributed by atoms with Gasteiger partial charge < -0.3 is 10.2 Å². The number of nitrogens with one attached hydrogen (secondary N) is 1. The van der Waals surface area contributed by atoms with Crippen LogP contribution in [0.3, 0.4) is 0 Å². The molecule has 0 unspecified atom stereocenters. The highest BCUT2D eigenvalue weighted by Crippen LogP contribution is 2.20. The molecule has 5 nitrogen and oxygen atoms in total. The van der Waals surface area contributed by atoms with Crippen molar-refractivity contribution in [2.75, 3.05) is 45.8 Å². The molecule has 0 aromatic heterocycles. The molecule has 140 valence electrons. The Balaban J connectivity index is 1.72. The number of hydrogen-bond acceptors (Lipinski definition) is 4. The first kappa shape index (κ1) is 19.7. The van der Waals surface area contributed by atoms with Gasteiger partial charge in [-0.05, 0) is 52.6 Å². The standard InChI is InChI=1S/C19H38N4O/c1-15(2)14-20-19(24)17(5)22-10-12-23(13-11-22)18-6-8-21(9-7-18)16(3)4/h15-18H,6-14H2,1-5H3,(H,20,24)/t17-/m0/s1. The number of nitrogens with zero attached hydrogens (tertiary/aromatic N) is 3. The Morgan fingerprint density at radius 3 is 2.00 bits per heavy atom. The number of rotatable bonds is 6. The maximum atomic E-state index is 12.3. The largest absolute Gasteiger partial charge is 0.354 e. The zero-order valence-corrected chi connectivity index (χ0v) is 16.4. The van der Waals surface area contributed by atoms with E-state index in [-0.39, 0.29) is 11.9 Å². The molecule has 2 heterocycles. The quantitative estimate of drug-likeness (QED) is 0.799. The van der Waals surface area contributed by atoms with Gasteiger partial charge in [-0.2, -0.15) is 0 Å². The molecule has 2 aliphatic heterocycles. The highest BCUT2D eigenvalue weighted by Gasteiger charge is 2.30. The first-order valence-electron chi connectivity index (χ1n) is 9.88. The van der Waals surface area contributed by atoms with Crippen LogP contribution in [-0.4, -0.2) is 84.5 Å². The molecule has 0 bridgehead atoms. The van der Waals surface area contributed by atoms with Crippen LogP contribution in [0.1, 0.15) is 47.5 Å². The van der Waals surface area contributed by atoms with E-state index in [9.17, 15) is 4.79 Å². The predicted octanol–water partition coefficient (Wildman–Crippen LogP) is 1.64. The van der Waals surface area contributed by atoms with Gasteiger partial charge in [0.25, 0.3) is 0 Å². The van der Waals surface area contributed by atoms with Crippen LogP contribution in [0.4, 0.5) is 0 Å². The van der Waals surface area contributed by atoms with Crippen molar-refractivity contribution in [1.29, 1.82) is 0 Å². The molecule has 1 atom stereocenters. The Kier molecular flexibility index (Phi) is 7.51. The van der Waals surface area contributed by atoms with Crippen LogP contribution in [0.5, 0.6) is 0 Å². The molecule has 5 heteroatoms. The summed E-state index contributed by atoms with van der Waals surface area (Å²) in [6.07, 6.45) is 2.59. The van der Waals surface area contributed by atoms with Crippen LogP contribution in [0.2, 0.25) is 0 Å². The average Bonchev–Trinajstić information content (AvgIpc) is 2.59. The molecule has 0 aromatic rings. The van der Waals surface area contributed by atoms with E-state index in [4.69, 9.17) is 0 Å². The van der Waals surface area contributed by atoms with Crippen LogP contribution >= 0.6 is 0 Å². The molecular weight excluding hydrogens is 300 g/mol. The maximum Gasteiger partial charge on any atom is 0.237 e. The van der Waals surface area contributed by atoms with Crippen LogP contribution in [0.15, 0.2) is 0 Å². The van der Waals surface area contributed by atoms with Crippen molar-refractivity contribution in [3.05, 3.63) is 0 Å². The Hall–Kier alpha value is -0.650. The molecule has 0 aromatic carbocycles. The summed E-state index contributed by atoms with van der Waals surface area (Å²) >= 11 is 0. The van der Waals surface area contributed by atoms with Gasteiger partial charge in [0.05, 0.1) is 6.04 Å². The molecule has 0 aliphatic carbocycles. The van der Waals surface area contributed by atoms with Crippen molar-refractivity contribution in [3.8, 4) is 0 Å². The fourth-order valence-electron chi connectivity index (χ4n) is 3.88. The zero-order chi connectivity index (χ0) is 17.7. The number of likely N-dealkylation sites (tertiary alicyclic amines) is 1. The number of amides is 1. The molecule has 0 spiro atoms. The summed E-state index contributed by atoms with van der Waals surface area (Å²) in [4.78, 5) is 19.9. The smallest absolute Gasteiger partial charge is 0.237 e. The van der Waals surface area contributed by atoms with E-state index in [0.717, 1.165) is 38.8 Å². The monoisotopic (exact) mass is 338 g/mol. The Bertz CT molecular complexity index is 383. The zero-order valence-electron chi connectivity index (χ0n) is 16.4. The minimum absolute atomic E-state index is 0.00584. The highest BCUT2D eigenvalue weighted by molar-refractivity contribution is 5.81. The van der Waals surface area contributed by atoms with Gasteiger partial charge in [-0.25, -0.2) is 0 Å². The molecule has 1 amide bonds. The van der Waals surface area contributed by atoms with E-state index in [0.29, 0.717) is 12.0 Å². The van der Waals surface area contributed by atoms with Crippen molar-refractivity contribution < 1.29 is 4.79 Å². The van der Waals surface area contributed by atoms with Crippen LogP contribution in [0, 0.1) is 5.92 Å². The predicted molar refractivity (Wildman–Crippen MR) is 100 cm³/mol. The van der Waals surface area contributed by atoms with Gasteiger partial charge in [-0.1, -0.05) is 13.8 Å². The van der Waals surface area contributed by atoms with Crippen molar-refractivity contribution in [2.45, 2.75) is 65.6 Å². The normalized spacial score (nSPS) is 23.8. The Labute approximate surface area is 148 Å². The molecule has 0 radical (unpaired) electrons. The lowest BCUT2D eigenvalue weighted by atomic mass is 10.0. The molecule has 2 saturated heterocycles. The fourth-order valence-corrected chi connectivity index (χ4v) is 3.88. The summed E-state index contributed by atoms with van der Waals surface area (Å²) in [6, 6.07) is 1.41. The van der Waals surface area contributed by atoms with E-state index in [1.807, 2.05) is 6.92 Å². The minimum atomic E-state index is -0.00584. The summed E-state index contributed by atoms with van der Waals surface area (Å²) < 4.78 is 0. The van der Waals surface area contributed by atoms with E-state index in [1.165, 1.54) is 25.9 Å². The van der Waals surface area contributed by atoms with Gasteiger partial charge in [0.2, 0.25) is 5.91 Å². The summed E-state index contributed by atoms with van der Waals surface area (Å²) in [5, 5.41) is 3.07. The van der Waals surface area contributed by atoms with Gasteiger partial charge in [-0.3, -0.25) is 14.6 Å². The molecule has 1 N–H and O–H groups in total. The molecule has 2 rings (SSSR count). The van der Waals surface area contributed by atoms with Crippen molar-refractivity contribution in [1.82, 2.24) is 20.0 Å². The Morgan fingerprint density at radius 2 is 1.50 bits per heavy atom. The average molecular weight is 339 g/mol. The van der Waals surface area contributed by atoms with E-state index < -0.39 is 0 Å². The first-order valence-corrected chi connectivity index (χ1v) is 9.88. The van der Waals surface area contributed by atoms with Gasteiger partial charge in [0, 0.05) is 44.8 Å². The van der Waals surface area contributed by atoms with Crippen LogP contribution in [0.25, 0.3) is 0 Å². The van der Waals surface area contributed by atoms with Crippen LogP contribution < -0.4 is 5.32 Å². The molecule has 0 saturated carbocycles. The lowest BCUT2D eigenvalue weighted by Gasteiger charge is -2.44. The minimum Gasteiger partial charge on any atom is -0.354 e. The van der Waals surface area contributed by atoms with Gasteiger partial charge in [0.1, 0.15) is 0 Å². The summed E-state index contributed by atoms with van der Waals surface area (Å²) in [5.74, 6) is 0.692. The number of carbonyl (C=O) groups is 1. The van der Waals surface area contributed by atoms with E-state index in [2.05, 4.69) is 47.7 Å². The van der Waals surface area contributed by atoms with E-state index >= 15 is 0 Å². The fraction of sp³-hybridized carbons (Fsp3) is 0.947. The Morgan fingerprint density at radius 1 is 0.917 bits per heavy atom. The van der Waals surface area contributed by atoms with Gasteiger partial charge in [-0.15, -0.1) is 0 Å². The topological polar surface area (TPSA) is 38.8 Å².